The molecular weight excluding hydrogens is 195 g/mol. The topological polar surface area (TPSA) is 54.5 Å². The smallest absolute Gasteiger partial charge is 0.206 e. The summed E-state index contributed by atoms with van der Waals surface area (Å²) in [6.07, 6.45) is 0. The van der Waals surface area contributed by atoms with Crippen LogP contribution in [0.1, 0.15) is 0 Å². The van der Waals surface area contributed by atoms with Crippen LogP contribution < -0.4 is 0 Å². The molecule has 0 bridgehead atoms. The van der Waals surface area contributed by atoms with Crippen LogP contribution in [0.5, 0.6) is 0 Å². The van der Waals surface area contributed by atoms with Gasteiger partial charge in [-0.05, 0) is 23.4 Å². The molecule has 1 aromatic carbocycles. The summed E-state index contributed by atoms with van der Waals surface area (Å²) in [5, 5.41) is 13.2. The molecule has 13 heavy (non-hydrogen) atoms. The third-order valence-electron chi connectivity index (χ3n) is 1.52. The fourth-order valence-corrected chi connectivity index (χ4v) is 1.11. The van der Waals surface area contributed by atoms with E-state index in [1.807, 2.05) is 0 Å². The Morgan fingerprint density at radius 2 is 2.23 bits per heavy atom. The van der Waals surface area contributed by atoms with Gasteiger partial charge in [-0.3, -0.25) is 0 Å². The minimum absolute atomic E-state index is 0.217. The van der Waals surface area contributed by atoms with Gasteiger partial charge in [-0.1, -0.05) is 11.6 Å². The predicted molar refractivity (Wildman–Crippen MR) is 44.6 cm³/mol. The second kappa shape index (κ2) is 3.10. The summed E-state index contributed by atoms with van der Waals surface area (Å²) in [6.45, 7) is 0. The van der Waals surface area contributed by atoms with Crippen molar-refractivity contribution < 1.29 is 4.39 Å². The van der Waals surface area contributed by atoms with E-state index in [1.165, 1.54) is 12.1 Å². The summed E-state index contributed by atoms with van der Waals surface area (Å²) >= 11 is 5.57. The maximum atomic E-state index is 13.2. The number of nitrogens with zero attached hydrogens (tertiary/aromatic N) is 3. The van der Waals surface area contributed by atoms with Gasteiger partial charge in [0.25, 0.3) is 0 Å². The van der Waals surface area contributed by atoms with Gasteiger partial charge in [0.15, 0.2) is 0 Å². The summed E-state index contributed by atoms with van der Waals surface area (Å²) in [4.78, 5) is 0. The van der Waals surface area contributed by atoms with E-state index in [0.717, 1.165) is 0 Å². The average molecular weight is 199 g/mol. The van der Waals surface area contributed by atoms with Crippen molar-refractivity contribution in [3.8, 4) is 11.4 Å². The Bertz CT molecular complexity index is 414. The van der Waals surface area contributed by atoms with Gasteiger partial charge in [-0.15, -0.1) is 10.2 Å². The maximum absolute atomic E-state index is 13.2. The maximum Gasteiger partial charge on any atom is 0.207 e. The molecule has 0 aliphatic heterocycles. The Morgan fingerprint density at radius 1 is 1.38 bits per heavy atom. The predicted octanol–water partition coefficient (Wildman–Crippen LogP) is 1.66. The fourth-order valence-electron chi connectivity index (χ4n) is 0.947. The molecule has 2 aromatic rings. The lowest BCUT2D eigenvalue weighted by molar-refractivity contribution is 0.630. The van der Waals surface area contributed by atoms with Gasteiger partial charge in [-0.25, -0.2) is 4.39 Å². The van der Waals surface area contributed by atoms with Gasteiger partial charge in [0, 0.05) is 5.02 Å². The number of aromatic nitrogens is 4. The zero-order valence-electron chi connectivity index (χ0n) is 6.33. The molecule has 2 rings (SSSR count). The Labute approximate surface area is 77.7 Å². The lowest BCUT2D eigenvalue weighted by atomic mass is 10.2. The third kappa shape index (κ3) is 1.50. The van der Waals surface area contributed by atoms with Crippen molar-refractivity contribution in [1.82, 2.24) is 20.6 Å². The van der Waals surface area contributed by atoms with E-state index in [2.05, 4.69) is 20.6 Å². The zero-order valence-corrected chi connectivity index (χ0v) is 7.09. The van der Waals surface area contributed by atoms with Crippen molar-refractivity contribution in [1.29, 1.82) is 0 Å². The van der Waals surface area contributed by atoms with E-state index in [-0.39, 0.29) is 11.4 Å². The lowest BCUT2D eigenvalue weighted by Crippen LogP contribution is -1.86. The van der Waals surface area contributed by atoms with Crippen LogP contribution in [-0.4, -0.2) is 20.6 Å². The number of benzene rings is 1. The first kappa shape index (κ1) is 8.12. The van der Waals surface area contributed by atoms with Crippen molar-refractivity contribution in [2.45, 2.75) is 0 Å². The first-order chi connectivity index (χ1) is 6.27. The van der Waals surface area contributed by atoms with Crippen LogP contribution in [0.2, 0.25) is 5.02 Å². The number of hydrogen-bond acceptors (Lipinski definition) is 3. The van der Waals surface area contributed by atoms with Crippen molar-refractivity contribution in [2.24, 2.45) is 0 Å². The van der Waals surface area contributed by atoms with Crippen LogP contribution in [0.25, 0.3) is 11.4 Å². The Kier molecular flexibility index (Phi) is 1.94. The Balaban J connectivity index is 2.53. The van der Waals surface area contributed by atoms with Crippen molar-refractivity contribution in [3.05, 3.63) is 29.0 Å². The van der Waals surface area contributed by atoms with Crippen molar-refractivity contribution >= 4 is 11.6 Å². The number of aromatic amines is 1. The standard InChI is InChI=1S/C7H4ClFN4/c8-4-1-2-5(6(9)3-4)7-10-12-13-11-7/h1-3H,(H,10,11,12,13). The SMILES string of the molecule is Fc1cc(Cl)ccc1-c1nn[nH]n1. The first-order valence-corrected chi connectivity index (χ1v) is 3.84. The number of halogens is 2. The average Bonchev–Trinajstić information content (AvgIpc) is 2.56. The largest absolute Gasteiger partial charge is 0.207 e. The first-order valence-electron chi connectivity index (χ1n) is 3.46. The van der Waals surface area contributed by atoms with Gasteiger partial charge >= 0.3 is 0 Å². The summed E-state index contributed by atoms with van der Waals surface area (Å²) in [7, 11) is 0. The molecule has 0 atom stereocenters. The molecular formula is C7H4ClFN4. The molecule has 66 valence electrons. The summed E-state index contributed by atoms with van der Waals surface area (Å²) in [6, 6.07) is 4.27. The number of nitrogens with one attached hydrogen (secondary N) is 1. The second-order valence-corrected chi connectivity index (χ2v) is 2.80. The third-order valence-corrected chi connectivity index (χ3v) is 1.75. The molecule has 0 fully saturated rings. The summed E-state index contributed by atoms with van der Waals surface area (Å²) in [5.74, 6) is -0.247. The van der Waals surface area contributed by atoms with Crippen LogP contribution in [0.4, 0.5) is 4.39 Å². The van der Waals surface area contributed by atoms with Crippen LogP contribution >= 0.6 is 11.6 Å². The van der Waals surface area contributed by atoms with E-state index < -0.39 is 5.82 Å². The van der Waals surface area contributed by atoms with E-state index >= 15 is 0 Å². The molecule has 4 nitrogen and oxygen atoms in total. The minimum Gasteiger partial charge on any atom is -0.206 e. The molecule has 1 heterocycles. The van der Waals surface area contributed by atoms with E-state index in [9.17, 15) is 4.39 Å². The molecule has 0 saturated carbocycles. The van der Waals surface area contributed by atoms with Gasteiger partial charge in [0.2, 0.25) is 5.82 Å². The Morgan fingerprint density at radius 3 is 2.85 bits per heavy atom. The van der Waals surface area contributed by atoms with Gasteiger partial charge in [0.1, 0.15) is 5.82 Å². The van der Waals surface area contributed by atoms with Gasteiger partial charge in [-0.2, -0.15) is 5.21 Å². The summed E-state index contributed by atoms with van der Waals surface area (Å²) in [5.41, 5.74) is 0.276. The molecule has 0 amide bonds. The molecule has 0 spiro atoms. The summed E-state index contributed by atoms with van der Waals surface area (Å²) < 4.78 is 13.2. The molecule has 1 aromatic heterocycles. The van der Waals surface area contributed by atoms with Crippen LogP contribution in [0, 0.1) is 5.82 Å². The molecule has 6 heteroatoms. The molecule has 0 unspecified atom stereocenters. The van der Waals surface area contributed by atoms with E-state index in [1.54, 1.807) is 6.07 Å². The van der Waals surface area contributed by atoms with Crippen LogP contribution in [-0.2, 0) is 0 Å². The number of hydrogen-bond donors (Lipinski definition) is 1. The second-order valence-electron chi connectivity index (χ2n) is 2.36. The highest BCUT2D eigenvalue weighted by atomic mass is 35.5. The highest BCUT2D eigenvalue weighted by Crippen LogP contribution is 2.21. The molecule has 0 saturated heterocycles. The monoisotopic (exact) mass is 198 g/mol. The zero-order chi connectivity index (χ0) is 9.26. The van der Waals surface area contributed by atoms with E-state index in [4.69, 9.17) is 11.6 Å². The number of rotatable bonds is 1. The van der Waals surface area contributed by atoms with E-state index in [0.29, 0.717) is 5.02 Å². The number of H-pyrrole nitrogens is 1. The van der Waals surface area contributed by atoms with Crippen LogP contribution in [0.15, 0.2) is 18.2 Å². The van der Waals surface area contributed by atoms with Crippen LogP contribution in [0.3, 0.4) is 0 Å². The van der Waals surface area contributed by atoms with Gasteiger partial charge in [0.05, 0.1) is 5.56 Å². The molecule has 0 radical (unpaired) electrons. The number of tetrazole rings is 1. The highest BCUT2D eigenvalue weighted by Gasteiger charge is 2.08. The minimum atomic E-state index is -0.464. The molecule has 1 N–H and O–H groups in total. The van der Waals surface area contributed by atoms with Crippen molar-refractivity contribution in [2.75, 3.05) is 0 Å². The molecule has 0 aliphatic rings. The van der Waals surface area contributed by atoms with Crippen molar-refractivity contribution in [3.63, 3.8) is 0 Å². The lowest BCUT2D eigenvalue weighted by Gasteiger charge is -1.96. The molecule has 0 aliphatic carbocycles. The normalized spacial score (nSPS) is 10.3. The Hall–Kier alpha value is -1.49. The van der Waals surface area contributed by atoms with Gasteiger partial charge < -0.3 is 0 Å². The fraction of sp³-hybridized carbons (Fsp3) is 0. The quantitative estimate of drug-likeness (QED) is 0.758. The highest BCUT2D eigenvalue weighted by molar-refractivity contribution is 6.30.